The number of ether oxygens (including phenoxy) is 1. The van der Waals surface area contributed by atoms with Gasteiger partial charge in [-0.05, 0) is 13.3 Å². The summed E-state index contributed by atoms with van der Waals surface area (Å²) in [5.41, 5.74) is 0. The van der Waals surface area contributed by atoms with Crippen molar-refractivity contribution >= 4 is 23.9 Å². The van der Waals surface area contributed by atoms with Gasteiger partial charge in [0.25, 0.3) is 0 Å². The molecule has 0 fully saturated rings. The van der Waals surface area contributed by atoms with E-state index >= 15 is 0 Å². The molecule has 0 radical (unpaired) electrons. The van der Waals surface area contributed by atoms with Crippen LogP contribution in [0.4, 0.5) is 0 Å². The standard InChI is InChI=1S/C16H28N2O8/c1-3-4-5-12(2)26-16(25)11-18(10-15(23)24)7-6-17(8-13(19)20)9-14(21)22/h12H,3-11H2,1-2H3,(H,19,20)(H,21,22)(H,23,24). The molecule has 0 aromatic rings. The van der Waals surface area contributed by atoms with Crippen LogP contribution in [0.15, 0.2) is 0 Å². The summed E-state index contributed by atoms with van der Waals surface area (Å²) in [6.45, 7) is 2.09. The summed E-state index contributed by atoms with van der Waals surface area (Å²) in [6, 6.07) is 0. The number of aliphatic carboxylic acids is 3. The number of rotatable bonds is 15. The Morgan fingerprint density at radius 3 is 1.65 bits per heavy atom. The molecule has 1 atom stereocenters. The van der Waals surface area contributed by atoms with Gasteiger partial charge >= 0.3 is 23.9 Å². The van der Waals surface area contributed by atoms with Gasteiger partial charge in [0.05, 0.1) is 32.3 Å². The average Bonchev–Trinajstić information content (AvgIpc) is 2.48. The first-order valence-electron chi connectivity index (χ1n) is 8.43. The molecule has 1 unspecified atom stereocenters. The second-order valence-corrected chi connectivity index (χ2v) is 6.05. The minimum absolute atomic E-state index is 0.00938. The molecule has 10 heteroatoms. The van der Waals surface area contributed by atoms with Crippen LogP contribution in [0, 0.1) is 0 Å². The van der Waals surface area contributed by atoms with Crippen molar-refractivity contribution in [1.29, 1.82) is 0 Å². The number of nitrogens with zero attached hydrogens (tertiary/aromatic N) is 2. The Bertz CT molecular complexity index is 467. The lowest BCUT2D eigenvalue weighted by molar-refractivity contribution is -0.151. The molecule has 10 nitrogen and oxygen atoms in total. The van der Waals surface area contributed by atoms with Crippen molar-refractivity contribution in [1.82, 2.24) is 9.80 Å². The van der Waals surface area contributed by atoms with Crippen LogP contribution in [-0.4, -0.2) is 94.4 Å². The van der Waals surface area contributed by atoms with Crippen LogP contribution in [0.2, 0.25) is 0 Å². The maximum Gasteiger partial charge on any atom is 0.320 e. The Hall–Kier alpha value is -2.20. The van der Waals surface area contributed by atoms with E-state index in [2.05, 4.69) is 0 Å². The lowest BCUT2D eigenvalue weighted by atomic mass is 10.2. The van der Waals surface area contributed by atoms with Crippen LogP contribution in [0.5, 0.6) is 0 Å². The molecule has 0 aliphatic carbocycles. The zero-order valence-electron chi connectivity index (χ0n) is 15.2. The van der Waals surface area contributed by atoms with E-state index in [9.17, 15) is 19.2 Å². The molecule has 3 N–H and O–H groups in total. The quantitative estimate of drug-likeness (QED) is 0.333. The van der Waals surface area contributed by atoms with E-state index in [1.807, 2.05) is 6.92 Å². The summed E-state index contributed by atoms with van der Waals surface area (Å²) in [7, 11) is 0. The third kappa shape index (κ3) is 13.1. The molecule has 0 amide bonds. The number of carbonyl (C=O) groups is 4. The van der Waals surface area contributed by atoms with Crippen LogP contribution in [0.3, 0.4) is 0 Å². The molecule has 0 aromatic heterocycles. The highest BCUT2D eigenvalue weighted by Crippen LogP contribution is 2.05. The van der Waals surface area contributed by atoms with E-state index in [1.54, 1.807) is 6.92 Å². The van der Waals surface area contributed by atoms with Crippen LogP contribution in [0.1, 0.15) is 33.1 Å². The maximum atomic E-state index is 12.0. The highest BCUT2D eigenvalue weighted by Gasteiger charge is 2.20. The van der Waals surface area contributed by atoms with Gasteiger partial charge in [-0.25, -0.2) is 0 Å². The zero-order chi connectivity index (χ0) is 20.1. The molecule has 0 aromatic carbocycles. The van der Waals surface area contributed by atoms with Crippen molar-refractivity contribution in [3.05, 3.63) is 0 Å². The third-order valence-electron chi connectivity index (χ3n) is 3.46. The van der Waals surface area contributed by atoms with E-state index in [1.165, 1.54) is 4.90 Å². The van der Waals surface area contributed by atoms with Crippen molar-refractivity contribution in [3.8, 4) is 0 Å². The first-order chi connectivity index (χ1) is 12.1. The molecular formula is C16H28N2O8. The summed E-state index contributed by atoms with van der Waals surface area (Å²) < 4.78 is 5.23. The van der Waals surface area contributed by atoms with Gasteiger partial charge < -0.3 is 20.1 Å². The van der Waals surface area contributed by atoms with Gasteiger partial charge in [-0.15, -0.1) is 0 Å². The fourth-order valence-corrected chi connectivity index (χ4v) is 2.28. The topological polar surface area (TPSA) is 145 Å². The summed E-state index contributed by atoms with van der Waals surface area (Å²) in [5, 5.41) is 26.6. The van der Waals surface area contributed by atoms with Crippen molar-refractivity contribution < 1.29 is 39.2 Å². The number of esters is 1. The molecule has 0 saturated heterocycles. The SMILES string of the molecule is CCCCC(C)OC(=O)CN(CCN(CC(=O)O)CC(=O)O)CC(=O)O. The lowest BCUT2D eigenvalue weighted by Crippen LogP contribution is -2.43. The monoisotopic (exact) mass is 376 g/mol. The molecule has 0 bridgehead atoms. The second kappa shape index (κ2) is 13.1. The lowest BCUT2D eigenvalue weighted by Gasteiger charge is -2.24. The van der Waals surface area contributed by atoms with Crippen LogP contribution >= 0.6 is 0 Å². The Balaban J connectivity index is 4.65. The smallest absolute Gasteiger partial charge is 0.320 e. The Morgan fingerprint density at radius 2 is 1.27 bits per heavy atom. The first kappa shape index (κ1) is 23.8. The number of carboxylic acid groups (broad SMARTS) is 3. The fourth-order valence-electron chi connectivity index (χ4n) is 2.28. The van der Waals surface area contributed by atoms with E-state index in [0.29, 0.717) is 6.42 Å². The fraction of sp³-hybridized carbons (Fsp3) is 0.750. The Morgan fingerprint density at radius 1 is 0.846 bits per heavy atom. The van der Waals surface area contributed by atoms with E-state index in [-0.39, 0.29) is 25.7 Å². The van der Waals surface area contributed by atoms with Gasteiger partial charge in [-0.1, -0.05) is 19.8 Å². The van der Waals surface area contributed by atoms with Crippen molar-refractivity contribution in [2.24, 2.45) is 0 Å². The van der Waals surface area contributed by atoms with Gasteiger partial charge in [-0.2, -0.15) is 0 Å². The van der Waals surface area contributed by atoms with Crippen LogP contribution in [-0.2, 0) is 23.9 Å². The molecule has 0 aliphatic rings. The highest BCUT2D eigenvalue weighted by molar-refractivity contribution is 5.74. The molecule has 0 rings (SSSR count). The predicted molar refractivity (Wildman–Crippen MR) is 90.9 cm³/mol. The molecule has 26 heavy (non-hydrogen) atoms. The van der Waals surface area contributed by atoms with Gasteiger partial charge in [0.15, 0.2) is 0 Å². The average molecular weight is 376 g/mol. The van der Waals surface area contributed by atoms with Crippen LogP contribution < -0.4 is 0 Å². The van der Waals surface area contributed by atoms with E-state index < -0.39 is 43.5 Å². The van der Waals surface area contributed by atoms with Gasteiger partial charge in [0.2, 0.25) is 0 Å². The molecule has 0 saturated carbocycles. The van der Waals surface area contributed by atoms with Crippen LogP contribution in [0.25, 0.3) is 0 Å². The predicted octanol–water partition coefficient (Wildman–Crippen LogP) is -0.0339. The summed E-state index contributed by atoms with van der Waals surface area (Å²) >= 11 is 0. The van der Waals surface area contributed by atoms with Gasteiger partial charge in [-0.3, -0.25) is 29.0 Å². The van der Waals surface area contributed by atoms with Crippen molar-refractivity contribution in [3.63, 3.8) is 0 Å². The molecule has 150 valence electrons. The largest absolute Gasteiger partial charge is 0.480 e. The van der Waals surface area contributed by atoms with Gasteiger partial charge in [0, 0.05) is 13.1 Å². The number of carbonyl (C=O) groups excluding carboxylic acids is 1. The maximum absolute atomic E-state index is 12.0. The second-order valence-electron chi connectivity index (χ2n) is 6.05. The minimum atomic E-state index is -1.19. The number of hydrogen-bond donors (Lipinski definition) is 3. The minimum Gasteiger partial charge on any atom is -0.480 e. The van der Waals surface area contributed by atoms with Gasteiger partial charge in [0.1, 0.15) is 0 Å². The normalized spacial score (nSPS) is 12.2. The van der Waals surface area contributed by atoms with Crippen molar-refractivity contribution in [2.45, 2.75) is 39.2 Å². The number of carboxylic acids is 3. The molecule has 0 heterocycles. The Kier molecular flexibility index (Phi) is 12.0. The van der Waals surface area contributed by atoms with E-state index in [4.69, 9.17) is 20.1 Å². The Labute approximate surface area is 152 Å². The van der Waals surface area contributed by atoms with Crippen molar-refractivity contribution in [2.75, 3.05) is 39.3 Å². The number of hydrogen-bond acceptors (Lipinski definition) is 7. The summed E-state index contributed by atoms with van der Waals surface area (Å²) in [6.07, 6.45) is 2.32. The highest BCUT2D eigenvalue weighted by atomic mass is 16.5. The summed E-state index contributed by atoms with van der Waals surface area (Å²) in [4.78, 5) is 46.9. The number of unbranched alkanes of at least 4 members (excludes halogenated alkanes) is 1. The summed E-state index contributed by atoms with van der Waals surface area (Å²) in [5.74, 6) is -4.11. The molecule has 0 aliphatic heterocycles. The molecular weight excluding hydrogens is 348 g/mol. The van der Waals surface area contributed by atoms with E-state index in [0.717, 1.165) is 17.7 Å². The molecule has 0 spiro atoms. The third-order valence-corrected chi connectivity index (χ3v) is 3.46. The zero-order valence-corrected chi connectivity index (χ0v) is 15.2. The first-order valence-corrected chi connectivity index (χ1v) is 8.43.